The van der Waals surface area contributed by atoms with E-state index in [1.807, 2.05) is 55.6 Å². The number of hydrogen-bond acceptors (Lipinski definition) is 3. The Morgan fingerprint density at radius 3 is 2.45 bits per heavy atom. The molecule has 1 unspecified atom stereocenters. The second-order valence-electron chi connectivity index (χ2n) is 7.92. The van der Waals surface area contributed by atoms with Crippen molar-refractivity contribution in [2.45, 2.75) is 26.3 Å². The van der Waals surface area contributed by atoms with Crippen LogP contribution < -0.4 is 5.32 Å². The number of aromatic nitrogens is 3. The van der Waals surface area contributed by atoms with Gasteiger partial charge in [0.1, 0.15) is 5.69 Å². The zero-order valence-corrected chi connectivity index (χ0v) is 18.2. The van der Waals surface area contributed by atoms with E-state index in [2.05, 4.69) is 28.8 Å². The first-order chi connectivity index (χ1) is 14.9. The van der Waals surface area contributed by atoms with E-state index in [0.29, 0.717) is 17.7 Å². The van der Waals surface area contributed by atoms with Crippen LogP contribution in [0.3, 0.4) is 0 Å². The summed E-state index contributed by atoms with van der Waals surface area (Å²) in [5.41, 5.74) is 5.38. The Labute approximate surface area is 181 Å². The summed E-state index contributed by atoms with van der Waals surface area (Å²) in [6, 6.07) is 16.4. The zero-order chi connectivity index (χ0) is 22.1. The number of fused-ring (bicyclic) bond motifs is 1. The average molecular weight is 415 g/mol. The molecule has 2 aromatic heterocycles. The molecule has 2 aromatic carbocycles. The highest BCUT2D eigenvalue weighted by Gasteiger charge is 2.25. The molecular formula is C25H26N4O2. The van der Waals surface area contributed by atoms with Crippen LogP contribution in [0.1, 0.15) is 37.7 Å². The third-order valence-electron chi connectivity index (χ3n) is 6.05. The Morgan fingerprint density at radius 2 is 1.77 bits per heavy atom. The van der Waals surface area contributed by atoms with Crippen LogP contribution >= 0.6 is 0 Å². The Balaban J connectivity index is 1.65. The van der Waals surface area contributed by atoms with E-state index < -0.39 is 6.04 Å². The summed E-state index contributed by atoms with van der Waals surface area (Å²) in [7, 11) is 3.75. The summed E-state index contributed by atoms with van der Waals surface area (Å²) in [6.45, 7) is 4.13. The van der Waals surface area contributed by atoms with Gasteiger partial charge in [-0.2, -0.15) is 5.10 Å². The highest BCUT2D eigenvalue weighted by molar-refractivity contribution is 6.05. The molecule has 0 saturated heterocycles. The first kappa shape index (κ1) is 20.6. The minimum atomic E-state index is -0.695. The number of ketones is 1. The fraction of sp³-hybridized carbons (Fsp3) is 0.240. The van der Waals surface area contributed by atoms with Crippen LogP contribution in [0.5, 0.6) is 0 Å². The molecule has 1 atom stereocenters. The van der Waals surface area contributed by atoms with Gasteiger partial charge in [0.15, 0.2) is 0 Å². The lowest BCUT2D eigenvalue weighted by molar-refractivity contribution is 0.0852. The van der Waals surface area contributed by atoms with Crippen LogP contribution in [-0.4, -0.2) is 32.1 Å². The molecular weight excluding hydrogens is 388 g/mol. The predicted octanol–water partition coefficient (Wildman–Crippen LogP) is 3.75. The smallest absolute Gasteiger partial charge is 0.251 e. The van der Waals surface area contributed by atoms with Crippen molar-refractivity contribution in [3.8, 4) is 0 Å². The third kappa shape index (κ3) is 3.89. The Bertz CT molecular complexity index is 1270. The maximum atomic E-state index is 13.2. The summed E-state index contributed by atoms with van der Waals surface area (Å²) < 4.78 is 3.66. The number of carbonyl (C=O) groups is 2. The molecule has 1 N–H and O–H groups in total. The molecule has 0 saturated carbocycles. The topological polar surface area (TPSA) is 68.9 Å². The van der Waals surface area contributed by atoms with Gasteiger partial charge in [0.2, 0.25) is 5.78 Å². The maximum Gasteiger partial charge on any atom is 0.251 e. The normalized spacial score (nSPS) is 12.1. The summed E-state index contributed by atoms with van der Waals surface area (Å²) in [6.07, 6.45) is 1.99. The first-order valence-electron chi connectivity index (χ1n) is 10.3. The van der Waals surface area contributed by atoms with E-state index in [1.165, 1.54) is 10.4 Å². The molecule has 158 valence electrons. The average Bonchev–Trinajstić information content (AvgIpc) is 3.30. The molecule has 31 heavy (non-hydrogen) atoms. The van der Waals surface area contributed by atoms with Gasteiger partial charge < -0.3 is 9.88 Å². The van der Waals surface area contributed by atoms with Gasteiger partial charge in [0.25, 0.3) is 5.91 Å². The molecule has 6 nitrogen and oxygen atoms in total. The van der Waals surface area contributed by atoms with Crippen molar-refractivity contribution in [1.29, 1.82) is 0 Å². The number of aryl methyl sites for hydroxylation is 3. The molecule has 0 aliphatic heterocycles. The van der Waals surface area contributed by atoms with Crippen molar-refractivity contribution in [3.63, 3.8) is 0 Å². The maximum absolute atomic E-state index is 13.2. The number of rotatable bonds is 6. The molecule has 0 fully saturated rings. The molecule has 0 aliphatic carbocycles. The number of benzene rings is 2. The minimum absolute atomic E-state index is 0.162. The van der Waals surface area contributed by atoms with Crippen LogP contribution in [0.25, 0.3) is 10.9 Å². The molecule has 2 heterocycles. The highest BCUT2D eigenvalue weighted by atomic mass is 16.2. The minimum Gasteiger partial charge on any atom is -0.348 e. The molecule has 0 radical (unpaired) electrons. The molecule has 4 aromatic rings. The number of carbonyl (C=O) groups excluding carboxylic acids is 2. The van der Waals surface area contributed by atoms with Crippen molar-refractivity contribution in [2.75, 3.05) is 0 Å². The molecule has 0 aliphatic rings. The van der Waals surface area contributed by atoms with Gasteiger partial charge in [-0.05, 0) is 49.2 Å². The van der Waals surface area contributed by atoms with Crippen LogP contribution in [-0.2, 0) is 20.5 Å². The van der Waals surface area contributed by atoms with Gasteiger partial charge >= 0.3 is 0 Å². The molecule has 0 bridgehead atoms. The fourth-order valence-corrected chi connectivity index (χ4v) is 3.99. The van der Waals surface area contributed by atoms with Crippen LogP contribution in [0.15, 0.2) is 60.8 Å². The van der Waals surface area contributed by atoms with Crippen molar-refractivity contribution in [1.82, 2.24) is 19.7 Å². The second kappa shape index (κ2) is 8.22. The fourth-order valence-electron chi connectivity index (χ4n) is 3.99. The van der Waals surface area contributed by atoms with E-state index in [1.54, 1.807) is 19.3 Å². The lowest BCUT2D eigenvalue weighted by Gasteiger charge is -2.18. The van der Waals surface area contributed by atoms with E-state index in [0.717, 1.165) is 22.0 Å². The van der Waals surface area contributed by atoms with Gasteiger partial charge in [-0.1, -0.05) is 30.3 Å². The summed E-state index contributed by atoms with van der Waals surface area (Å²) in [4.78, 5) is 26.4. The van der Waals surface area contributed by atoms with Crippen molar-refractivity contribution < 1.29 is 9.59 Å². The highest BCUT2D eigenvalue weighted by Crippen LogP contribution is 2.25. The van der Waals surface area contributed by atoms with Gasteiger partial charge in [-0.15, -0.1) is 0 Å². The zero-order valence-electron chi connectivity index (χ0n) is 18.2. The van der Waals surface area contributed by atoms with E-state index in [9.17, 15) is 9.59 Å². The van der Waals surface area contributed by atoms with Gasteiger partial charge in [-0.3, -0.25) is 14.3 Å². The Kier molecular flexibility index (Phi) is 5.46. The number of Topliss-reactive ketones (excluding diaryl/α,β-unsaturated/α-hetero) is 1. The summed E-state index contributed by atoms with van der Waals surface area (Å²) >= 11 is 0. The van der Waals surface area contributed by atoms with Crippen LogP contribution in [0.2, 0.25) is 0 Å². The number of amides is 1. The number of nitrogens with zero attached hydrogens (tertiary/aromatic N) is 3. The summed E-state index contributed by atoms with van der Waals surface area (Å²) in [5.74, 6) is -0.427. The quantitative estimate of drug-likeness (QED) is 0.489. The van der Waals surface area contributed by atoms with Gasteiger partial charge in [0, 0.05) is 48.9 Å². The standard InChI is InChI=1S/C25H26N4O2/c1-16-17(2)28(3)22-11-10-19(15-20(16)22)25(31)27-21(14-18-8-6-5-7-9-18)24(30)23-12-13-26-29(23)4/h5-13,15,21H,14H2,1-4H3,(H,27,31). The largest absolute Gasteiger partial charge is 0.348 e. The molecule has 4 rings (SSSR count). The Morgan fingerprint density at radius 1 is 1.03 bits per heavy atom. The molecule has 6 heteroatoms. The molecule has 1 amide bonds. The van der Waals surface area contributed by atoms with Gasteiger partial charge in [-0.25, -0.2) is 0 Å². The lowest BCUT2D eigenvalue weighted by Crippen LogP contribution is -2.43. The van der Waals surface area contributed by atoms with Crippen LogP contribution in [0, 0.1) is 13.8 Å². The van der Waals surface area contributed by atoms with E-state index in [-0.39, 0.29) is 11.7 Å². The van der Waals surface area contributed by atoms with Gasteiger partial charge in [0.05, 0.1) is 6.04 Å². The van der Waals surface area contributed by atoms with E-state index >= 15 is 0 Å². The predicted molar refractivity (Wildman–Crippen MR) is 121 cm³/mol. The lowest BCUT2D eigenvalue weighted by atomic mass is 9.99. The Hall–Kier alpha value is -3.67. The van der Waals surface area contributed by atoms with Crippen LogP contribution in [0.4, 0.5) is 0 Å². The SMILES string of the molecule is Cc1c(C)n(C)c2ccc(C(=O)NC(Cc3ccccc3)C(=O)c3ccnn3C)cc12. The number of hydrogen-bond donors (Lipinski definition) is 1. The van der Waals surface area contributed by atoms with Crippen molar-refractivity contribution >= 4 is 22.6 Å². The van der Waals surface area contributed by atoms with Crippen molar-refractivity contribution in [2.24, 2.45) is 14.1 Å². The third-order valence-corrected chi connectivity index (χ3v) is 6.05. The number of nitrogens with one attached hydrogen (secondary N) is 1. The monoisotopic (exact) mass is 414 g/mol. The first-order valence-corrected chi connectivity index (χ1v) is 10.3. The van der Waals surface area contributed by atoms with Crippen molar-refractivity contribution in [3.05, 3.63) is 88.9 Å². The molecule has 0 spiro atoms. The summed E-state index contributed by atoms with van der Waals surface area (Å²) in [5, 5.41) is 8.11. The van der Waals surface area contributed by atoms with E-state index in [4.69, 9.17) is 0 Å². The second-order valence-corrected chi connectivity index (χ2v) is 7.92.